The van der Waals surface area contributed by atoms with Gasteiger partial charge in [-0.2, -0.15) is 0 Å². The van der Waals surface area contributed by atoms with Gasteiger partial charge in [0.25, 0.3) is 0 Å². The highest BCUT2D eigenvalue weighted by Gasteiger charge is 2.28. The Morgan fingerprint density at radius 1 is 1.11 bits per heavy atom. The quantitative estimate of drug-likeness (QED) is 0.809. The summed E-state index contributed by atoms with van der Waals surface area (Å²) in [5.74, 6) is 0. The van der Waals surface area contributed by atoms with E-state index in [0.29, 0.717) is 12.6 Å². The highest BCUT2D eigenvalue weighted by molar-refractivity contribution is 5.23. The highest BCUT2D eigenvalue weighted by atomic mass is 16.3. The molecule has 0 aromatic heterocycles. The molecule has 0 radical (unpaired) electrons. The molecule has 0 saturated heterocycles. The Morgan fingerprint density at radius 3 is 2.26 bits per heavy atom. The van der Waals surface area contributed by atoms with Crippen molar-refractivity contribution in [3.63, 3.8) is 0 Å². The summed E-state index contributed by atoms with van der Waals surface area (Å²) < 4.78 is 0. The van der Waals surface area contributed by atoms with Crippen molar-refractivity contribution in [3.8, 4) is 0 Å². The van der Waals surface area contributed by atoms with Crippen LogP contribution in [0.4, 0.5) is 0 Å². The molecule has 0 aliphatic heterocycles. The van der Waals surface area contributed by atoms with E-state index in [1.54, 1.807) is 0 Å². The summed E-state index contributed by atoms with van der Waals surface area (Å²) in [6.07, 6.45) is 6.76. The maximum atomic E-state index is 10.6. The zero-order valence-corrected chi connectivity index (χ0v) is 12.3. The van der Waals surface area contributed by atoms with Gasteiger partial charge >= 0.3 is 0 Å². The van der Waals surface area contributed by atoms with Crippen molar-refractivity contribution >= 4 is 0 Å². The van der Waals surface area contributed by atoms with Gasteiger partial charge in [-0.3, -0.25) is 0 Å². The van der Waals surface area contributed by atoms with Crippen LogP contribution in [0.1, 0.15) is 62.6 Å². The number of hydrogen-bond acceptors (Lipinski definition) is 2. The van der Waals surface area contributed by atoms with Gasteiger partial charge in [0.15, 0.2) is 0 Å². The first-order valence-corrected chi connectivity index (χ1v) is 7.61. The Morgan fingerprint density at radius 2 is 1.68 bits per heavy atom. The van der Waals surface area contributed by atoms with Crippen molar-refractivity contribution in [2.24, 2.45) is 0 Å². The Kier molecular flexibility index (Phi) is 5.00. The molecule has 2 heteroatoms. The average Bonchev–Trinajstić information content (AvgIpc) is 2.62. The first kappa shape index (κ1) is 14.5. The van der Waals surface area contributed by atoms with Crippen LogP contribution in [0.3, 0.4) is 0 Å². The molecular weight excluding hydrogens is 234 g/mol. The molecule has 1 atom stereocenters. The second-order valence-electron chi connectivity index (χ2n) is 6.15. The zero-order valence-electron chi connectivity index (χ0n) is 12.3. The minimum absolute atomic E-state index is 0.299. The van der Waals surface area contributed by atoms with Gasteiger partial charge < -0.3 is 10.4 Å². The summed E-state index contributed by atoms with van der Waals surface area (Å²) in [5.41, 5.74) is 2.09. The van der Waals surface area contributed by atoms with Crippen molar-refractivity contribution in [1.82, 2.24) is 5.32 Å². The van der Waals surface area contributed by atoms with Crippen molar-refractivity contribution in [2.75, 3.05) is 6.54 Å². The highest BCUT2D eigenvalue weighted by Crippen LogP contribution is 2.27. The second-order valence-corrected chi connectivity index (χ2v) is 6.15. The third-order valence-corrected chi connectivity index (χ3v) is 4.35. The van der Waals surface area contributed by atoms with E-state index in [4.69, 9.17) is 0 Å². The first-order chi connectivity index (χ1) is 9.09. The van der Waals surface area contributed by atoms with Gasteiger partial charge in [-0.05, 0) is 32.3 Å². The van der Waals surface area contributed by atoms with Crippen LogP contribution in [0.2, 0.25) is 0 Å². The van der Waals surface area contributed by atoms with E-state index in [0.717, 1.165) is 25.7 Å². The van der Waals surface area contributed by atoms with Crippen LogP contribution < -0.4 is 5.32 Å². The van der Waals surface area contributed by atoms with Crippen LogP contribution in [0, 0.1) is 6.92 Å². The van der Waals surface area contributed by atoms with Gasteiger partial charge in [-0.1, -0.05) is 55.5 Å². The molecule has 2 nitrogen and oxygen atoms in total. The molecule has 106 valence electrons. The Labute approximate surface area is 117 Å². The third-order valence-electron chi connectivity index (χ3n) is 4.35. The van der Waals surface area contributed by atoms with Crippen LogP contribution >= 0.6 is 0 Å². The monoisotopic (exact) mass is 261 g/mol. The smallest absolute Gasteiger partial charge is 0.0771 e. The number of nitrogens with one attached hydrogen (secondary N) is 1. The molecular formula is C17H27NO. The van der Waals surface area contributed by atoms with E-state index >= 15 is 0 Å². The van der Waals surface area contributed by atoms with E-state index in [1.807, 2.05) is 0 Å². The molecule has 1 aromatic rings. The SMILES string of the molecule is Cc1ccc(C(C)NCC2(O)CCCCCC2)cc1. The predicted molar refractivity (Wildman–Crippen MR) is 80.2 cm³/mol. The molecule has 2 N–H and O–H groups in total. The molecule has 19 heavy (non-hydrogen) atoms. The number of aryl methyl sites for hydroxylation is 1. The van der Waals surface area contributed by atoms with E-state index in [2.05, 4.69) is 43.4 Å². The van der Waals surface area contributed by atoms with Gasteiger partial charge in [0.2, 0.25) is 0 Å². The minimum Gasteiger partial charge on any atom is -0.389 e. The van der Waals surface area contributed by atoms with Gasteiger partial charge in [0, 0.05) is 12.6 Å². The van der Waals surface area contributed by atoms with E-state index in [-0.39, 0.29) is 0 Å². The van der Waals surface area contributed by atoms with Crippen LogP contribution in [0.5, 0.6) is 0 Å². The van der Waals surface area contributed by atoms with Crippen molar-refractivity contribution in [2.45, 2.75) is 64.0 Å². The van der Waals surface area contributed by atoms with Crippen LogP contribution in [-0.4, -0.2) is 17.3 Å². The first-order valence-electron chi connectivity index (χ1n) is 7.61. The number of aliphatic hydroxyl groups is 1. The molecule has 0 amide bonds. The summed E-state index contributed by atoms with van der Waals surface area (Å²) in [4.78, 5) is 0. The van der Waals surface area contributed by atoms with Crippen LogP contribution in [-0.2, 0) is 0 Å². The minimum atomic E-state index is -0.491. The summed E-state index contributed by atoms with van der Waals surface area (Å²) in [6, 6.07) is 8.93. The number of benzene rings is 1. The average molecular weight is 261 g/mol. The predicted octanol–water partition coefficient (Wildman–Crippen LogP) is 3.73. The van der Waals surface area contributed by atoms with Crippen molar-refractivity contribution < 1.29 is 5.11 Å². The normalized spacial score (nSPS) is 20.8. The molecule has 1 saturated carbocycles. The zero-order chi connectivity index (χ0) is 13.7. The maximum absolute atomic E-state index is 10.6. The molecule has 0 bridgehead atoms. The lowest BCUT2D eigenvalue weighted by Crippen LogP contribution is -2.41. The number of rotatable bonds is 4. The molecule has 2 rings (SSSR count). The largest absolute Gasteiger partial charge is 0.389 e. The molecule has 1 unspecified atom stereocenters. The van der Waals surface area contributed by atoms with Gasteiger partial charge in [-0.25, -0.2) is 0 Å². The second kappa shape index (κ2) is 6.53. The summed E-state index contributed by atoms with van der Waals surface area (Å²) in [6.45, 7) is 4.99. The lowest BCUT2D eigenvalue weighted by Gasteiger charge is -2.29. The van der Waals surface area contributed by atoms with Crippen LogP contribution in [0.15, 0.2) is 24.3 Å². The van der Waals surface area contributed by atoms with E-state index in [9.17, 15) is 5.11 Å². The molecule has 1 aliphatic rings. The number of hydrogen-bond donors (Lipinski definition) is 2. The summed E-state index contributed by atoms with van der Waals surface area (Å²) in [7, 11) is 0. The molecule has 0 spiro atoms. The lowest BCUT2D eigenvalue weighted by molar-refractivity contribution is 0.0231. The molecule has 1 fully saturated rings. The van der Waals surface area contributed by atoms with Crippen molar-refractivity contribution in [3.05, 3.63) is 35.4 Å². The lowest BCUT2D eigenvalue weighted by atomic mass is 9.94. The van der Waals surface area contributed by atoms with Crippen LogP contribution in [0.25, 0.3) is 0 Å². The van der Waals surface area contributed by atoms with Gasteiger partial charge in [0.1, 0.15) is 0 Å². The summed E-state index contributed by atoms with van der Waals surface area (Å²) in [5, 5.41) is 14.1. The third kappa shape index (κ3) is 4.32. The fraction of sp³-hybridized carbons (Fsp3) is 0.647. The van der Waals surface area contributed by atoms with Gasteiger partial charge in [0.05, 0.1) is 5.60 Å². The fourth-order valence-electron chi connectivity index (χ4n) is 2.88. The molecule has 1 aliphatic carbocycles. The standard InChI is InChI=1S/C17H27NO/c1-14-7-9-16(10-8-14)15(2)18-13-17(19)11-5-3-4-6-12-17/h7-10,15,18-19H,3-6,11-13H2,1-2H3. The van der Waals surface area contributed by atoms with Gasteiger partial charge in [-0.15, -0.1) is 0 Å². The Balaban J connectivity index is 1.88. The summed E-state index contributed by atoms with van der Waals surface area (Å²) >= 11 is 0. The maximum Gasteiger partial charge on any atom is 0.0771 e. The van der Waals surface area contributed by atoms with E-state index in [1.165, 1.54) is 24.0 Å². The fourth-order valence-corrected chi connectivity index (χ4v) is 2.88. The Bertz CT molecular complexity index is 377. The van der Waals surface area contributed by atoms with Crippen molar-refractivity contribution in [1.29, 1.82) is 0 Å². The topological polar surface area (TPSA) is 32.3 Å². The molecule has 0 heterocycles. The Hall–Kier alpha value is -0.860. The molecule has 1 aromatic carbocycles. The van der Waals surface area contributed by atoms with E-state index < -0.39 is 5.60 Å².